The van der Waals surface area contributed by atoms with Crippen molar-refractivity contribution in [3.05, 3.63) is 71.9 Å². The van der Waals surface area contributed by atoms with Crippen molar-refractivity contribution >= 4 is 23.1 Å². The van der Waals surface area contributed by atoms with Gasteiger partial charge < -0.3 is 15.8 Å². The molecule has 2 aliphatic rings. The predicted octanol–water partition coefficient (Wildman–Crippen LogP) is 4.78. The summed E-state index contributed by atoms with van der Waals surface area (Å²) in [7, 11) is 0. The van der Waals surface area contributed by atoms with Gasteiger partial charge in [-0.15, -0.1) is 0 Å². The van der Waals surface area contributed by atoms with E-state index in [0.717, 1.165) is 36.1 Å². The van der Waals surface area contributed by atoms with Gasteiger partial charge in [0.25, 0.3) is 5.91 Å². The summed E-state index contributed by atoms with van der Waals surface area (Å²) < 4.78 is 46.6. The molecular formula is C26H23F3N6O2. The molecule has 3 aromatic heterocycles. The lowest BCUT2D eigenvalue weighted by Gasteiger charge is -2.11. The number of nitrogens with two attached hydrogens (primary N) is 1. The molecule has 2 fully saturated rings. The normalized spacial score (nSPS) is 22.7. The summed E-state index contributed by atoms with van der Waals surface area (Å²) in [5, 5.41) is 2.42. The summed E-state index contributed by atoms with van der Waals surface area (Å²) in [6.07, 6.45) is 0.983. The van der Waals surface area contributed by atoms with Gasteiger partial charge in [-0.05, 0) is 30.7 Å². The highest BCUT2D eigenvalue weighted by Crippen LogP contribution is 2.69. The van der Waals surface area contributed by atoms with E-state index >= 15 is 0 Å². The highest BCUT2D eigenvalue weighted by molar-refractivity contribution is 6.04. The first-order valence-electron chi connectivity index (χ1n) is 11.9. The zero-order valence-electron chi connectivity index (χ0n) is 19.8. The number of pyridine rings is 1. The second-order valence-corrected chi connectivity index (χ2v) is 9.49. The Balaban J connectivity index is 1.30. The lowest BCUT2D eigenvalue weighted by Crippen LogP contribution is -2.14. The number of alkyl halides is 3. The van der Waals surface area contributed by atoms with Gasteiger partial charge >= 0.3 is 6.18 Å². The van der Waals surface area contributed by atoms with Gasteiger partial charge in [0.2, 0.25) is 0 Å². The number of carbonyl (C=O) groups excluding carboxylic acids is 1. The maximum atomic E-state index is 13.0. The van der Waals surface area contributed by atoms with Crippen LogP contribution >= 0.6 is 0 Å². The SMILES string of the molecule is CCC12COCC1C2c1nc(-c2ccc(C(=O)Nc3cc(C(F)(F)F)ccn3)cc2)c2c(N)nccn12. The third-order valence-electron chi connectivity index (χ3n) is 7.62. The van der Waals surface area contributed by atoms with Crippen molar-refractivity contribution in [2.75, 3.05) is 24.3 Å². The minimum absolute atomic E-state index is 0.0932. The molecule has 3 unspecified atom stereocenters. The molecule has 4 heterocycles. The van der Waals surface area contributed by atoms with Gasteiger partial charge in [0.15, 0.2) is 0 Å². The van der Waals surface area contributed by atoms with E-state index in [2.05, 4.69) is 22.2 Å². The van der Waals surface area contributed by atoms with Crippen molar-refractivity contribution in [2.45, 2.75) is 25.4 Å². The largest absolute Gasteiger partial charge is 0.416 e. The first kappa shape index (κ1) is 23.4. The van der Waals surface area contributed by atoms with E-state index in [-0.39, 0.29) is 22.7 Å². The quantitative estimate of drug-likeness (QED) is 0.402. The van der Waals surface area contributed by atoms with E-state index in [4.69, 9.17) is 15.5 Å². The summed E-state index contributed by atoms with van der Waals surface area (Å²) in [4.78, 5) is 25.7. The van der Waals surface area contributed by atoms with E-state index in [1.54, 1.807) is 30.5 Å². The van der Waals surface area contributed by atoms with Crippen molar-refractivity contribution in [3.8, 4) is 11.3 Å². The van der Waals surface area contributed by atoms with Crippen LogP contribution in [0.5, 0.6) is 0 Å². The van der Waals surface area contributed by atoms with Crippen LogP contribution in [0.4, 0.5) is 24.8 Å². The number of nitrogen functional groups attached to an aromatic ring is 1. The third kappa shape index (κ3) is 3.72. The van der Waals surface area contributed by atoms with Crippen LogP contribution in [-0.2, 0) is 10.9 Å². The number of benzene rings is 1. The molecule has 1 aliphatic carbocycles. The number of anilines is 2. The summed E-state index contributed by atoms with van der Waals surface area (Å²) in [6, 6.07) is 8.28. The van der Waals surface area contributed by atoms with Gasteiger partial charge in [-0.25, -0.2) is 15.0 Å². The Labute approximate surface area is 209 Å². The number of aromatic nitrogens is 4. The Morgan fingerprint density at radius 1 is 1.22 bits per heavy atom. The van der Waals surface area contributed by atoms with Crippen LogP contribution in [-0.4, -0.2) is 38.5 Å². The van der Waals surface area contributed by atoms with E-state index < -0.39 is 17.6 Å². The number of fused-ring (bicyclic) bond motifs is 2. The number of nitrogens with one attached hydrogen (secondary N) is 1. The van der Waals surface area contributed by atoms with Gasteiger partial charge in [0.05, 0.1) is 18.8 Å². The number of hydrogen-bond acceptors (Lipinski definition) is 6. The molecule has 190 valence electrons. The Hall–Kier alpha value is -3.99. The van der Waals surface area contributed by atoms with Crippen LogP contribution in [0.25, 0.3) is 16.8 Å². The number of amides is 1. The fourth-order valence-electron chi connectivity index (χ4n) is 5.58. The summed E-state index contributed by atoms with van der Waals surface area (Å²) in [5.41, 5.74) is 7.82. The first-order chi connectivity index (χ1) is 17.7. The van der Waals surface area contributed by atoms with Crippen molar-refractivity contribution in [2.24, 2.45) is 11.3 Å². The maximum absolute atomic E-state index is 13.0. The minimum Gasteiger partial charge on any atom is -0.382 e. The van der Waals surface area contributed by atoms with Gasteiger partial charge in [-0.3, -0.25) is 9.20 Å². The van der Waals surface area contributed by atoms with E-state index in [1.165, 1.54) is 0 Å². The van der Waals surface area contributed by atoms with Crippen molar-refractivity contribution in [1.82, 2.24) is 19.4 Å². The lowest BCUT2D eigenvalue weighted by molar-refractivity contribution is -0.137. The van der Waals surface area contributed by atoms with E-state index in [1.807, 2.05) is 10.6 Å². The molecule has 1 saturated heterocycles. The highest BCUT2D eigenvalue weighted by Gasteiger charge is 2.68. The number of ether oxygens (including phenoxy) is 1. The number of rotatable bonds is 5. The standard InChI is InChI=1S/C26H23F3N6O2/c1-2-25-13-37-12-17(25)19(25)23-34-20(21-22(30)32-9-10-35(21)23)14-3-5-15(6-4-14)24(36)33-18-11-16(7-8-31-18)26(27,28)29/h3-11,17,19H,2,12-13H2,1H3,(H2,30,32)(H,31,33,36). The summed E-state index contributed by atoms with van der Waals surface area (Å²) in [6.45, 7) is 3.61. The van der Waals surface area contributed by atoms with Crippen LogP contribution in [0.2, 0.25) is 0 Å². The first-order valence-corrected chi connectivity index (χ1v) is 11.9. The number of nitrogens with zero attached hydrogens (tertiary/aromatic N) is 4. The lowest BCUT2D eigenvalue weighted by atomic mass is 10.0. The molecule has 6 rings (SSSR count). The second kappa shape index (κ2) is 8.27. The van der Waals surface area contributed by atoms with Crippen LogP contribution in [0.3, 0.4) is 0 Å². The Morgan fingerprint density at radius 2 is 2.00 bits per heavy atom. The number of halogens is 3. The van der Waals surface area contributed by atoms with Gasteiger partial charge in [0.1, 0.15) is 28.7 Å². The molecule has 0 bridgehead atoms. The Morgan fingerprint density at radius 3 is 2.70 bits per heavy atom. The van der Waals surface area contributed by atoms with Crippen LogP contribution in [0.15, 0.2) is 55.0 Å². The zero-order valence-corrected chi connectivity index (χ0v) is 19.8. The fraction of sp³-hybridized carbons (Fsp3) is 0.308. The van der Waals surface area contributed by atoms with Crippen LogP contribution < -0.4 is 11.1 Å². The number of carbonyl (C=O) groups is 1. The van der Waals surface area contributed by atoms with Crippen molar-refractivity contribution in [3.63, 3.8) is 0 Å². The molecule has 1 aliphatic heterocycles. The molecule has 8 nitrogen and oxygen atoms in total. The minimum atomic E-state index is -4.53. The molecule has 1 aromatic carbocycles. The van der Waals surface area contributed by atoms with Gasteiger partial charge in [0, 0.05) is 47.0 Å². The molecule has 4 aromatic rings. The molecule has 1 saturated carbocycles. The maximum Gasteiger partial charge on any atom is 0.416 e. The second-order valence-electron chi connectivity index (χ2n) is 9.49. The van der Waals surface area contributed by atoms with Crippen LogP contribution in [0.1, 0.15) is 41.0 Å². The van der Waals surface area contributed by atoms with Crippen molar-refractivity contribution < 1.29 is 22.7 Å². The smallest absolute Gasteiger partial charge is 0.382 e. The molecule has 11 heteroatoms. The molecule has 3 N–H and O–H groups in total. The number of imidazole rings is 1. The van der Waals surface area contributed by atoms with E-state index in [9.17, 15) is 18.0 Å². The topological polar surface area (TPSA) is 107 Å². The average Bonchev–Trinajstić information content (AvgIpc) is 3.17. The molecule has 0 spiro atoms. The van der Waals surface area contributed by atoms with E-state index in [0.29, 0.717) is 36.2 Å². The molecule has 37 heavy (non-hydrogen) atoms. The Bertz CT molecular complexity index is 1520. The zero-order chi connectivity index (χ0) is 25.9. The van der Waals surface area contributed by atoms with Gasteiger partial charge in [-0.1, -0.05) is 19.1 Å². The summed E-state index contributed by atoms with van der Waals surface area (Å²) >= 11 is 0. The number of hydrogen-bond donors (Lipinski definition) is 2. The molecule has 0 radical (unpaired) electrons. The Kier molecular flexibility index (Phi) is 5.23. The van der Waals surface area contributed by atoms with Gasteiger partial charge in [-0.2, -0.15) is 13.2 Å². The summed E-state index contributed by atoms with van der Waals surface area (Å²) in [5.74, 6) is 1.19. The molecule has 1 amide bonds. The molecular weight excluding hydrogens is 485 g/mol. The third-order valence-corrected chi connectivity index (χ3v) is 7.62. The highest BCUT2D eigenvalue weighted by atomic mass is 19.4. The predicted molar refractivity (Wildman–Crippen MR) is 130 cm³/mol. The average molecular weight is 509 g/mol. The monoisotopic (exact) mass is 508 g/mol. The van der Waals surface area contributed by atoms with Crippen molar-refractivity contribution in [1.29, 1.82) is 0 Å². The fourth-order valence-corrected chi connectivity index (χ4v) is 5.58. The molecule has 3 atom stereocenters. The van der Waals surface area contributed by atoms with Crippen LogP contribution in [0, 0.1) is 11.3 Å².